The van der Waals surface area contributed by atoms with E-state index in [2.05, 4.69) is 74.8 Å². The molecule has 2 aromatic carbocycles. The number of nitrogens with one attached hydrogen (secondary N) is 2. The van der Waals surface area contributed by atoms with Crippen molar-refractivity contribution in [2.75, 3.05) is 60.0 Å². The summed E-state index contributed by atoms with van der Waals surface area (Å²) in [5, 5.41) is 6.96. The smallest absolute Gasteiger partial charge is 0.180 e. The average molecular weight is 442 g/mol. The van der Waals surface area contributed by atoms with Crippen LogP contribution in [-0.2, 0) is 4.74 Å². The lowest BCUT2D eigenvalue weighted by molar-refractivity contribution is 0.122. The van der Waals surface area contributed by atoms with E-state index in [4.69, 9.17) is 9.72 Å². The first-order valence-corrected chi connectivity index (χ1v) is 11.5. The van der Waals surface area contributed by atoms with Crippen LogP contribution in [0.4, 0.5) is 28.6 Å². The summed E-state index contributed by atoms with van der Waals surface area (Å²) in [6.07, 6.45) is 5.79. The van der Waals surface area contributed by atoms with Crippen molar-refractivity contribution in [3.8, 4) is 11.3 Å². The van der Waals surface area contributed by atoms with E-state index in [-0.39, 0.29) is 0 Å². The summed E-state index contributed by atoms with van der Waals surface area (Å²) in [6, 6.07) is 15.0. The van der Waals surface area contributed by atoms with Gasteiger partial charge in [-0.15, -0.1) is 0 Å². The van der Waals surface area contributed by atoms with Gasteiger partial charge < -0.3 is 29.6 Å². The van der Waals surface area contributed by atoms with Crippen molar-refractivity contribution >= 4 is 34.2 Å². The van der Waals surface area contributed by atoms with Gasteiger partial charge in [0.2, 0.25) is 0 Å². The summed E-state index contributed by atoms with van der Waals surface area (Å²) in [5.41, 5.74) is 7.35. The largest absolute Gasteiger partial charge is 0.378 e. The van der Waals surface area contributed by atoms with Gasteiger partial charge in [-0.3, -0.25) is 0 Å². The first-order chi connectivity index (χ1) is 16.3. The predicted octanol–water partition coefficient (Wildman–Crippen LogP) is 4.19. The Bertz CT molecular complexity index is 1280. The minimum atomic E-state index is 0.736. The number of hydrogen-bond donors (Lipinski definition) is 2. The van der Waals surface area contributed by atoms with Crippen LogP contribution in [0.25, 0.3) is 16.9 Å². The summed E-state index contributed by atoms with van der Waals surface area (Å²) < 4.78 is 7.48. The Hall–Kier alpha value is -3.78. The molecule has 0 radical (unpaired) electrons. The fraction of sp³-hybridized carbons (Fsp3) is 0.280. The van der Waals surface area contributed by atoms with Crippen molar-refractivity contribution in [3.63, 3.8) is 0 Å². The molecule has 0 bridgehead atoms. The highest BCUT2D eigenvalue weighted by Gasteiger charge is 2.18. The molecule has 8 heteroatoms. The third-order valence-electron chi connectivity index (χ3n) is 6.36. The van der Waals surface area contributed by atoms with Crippen LogP contribution in [0.5, 0.6) is 0 Å². The molecule has 0 unspecified atom stereocenters. The maximum atomic E-state index is 5.46. The second kappa shape index (κ2) is 8.29. The van der Waals surface area contributed by atoms with Crippen LogP contribution in [0.3, 0.4) is 0 Å². The SMILES string of the molecule is CCN1CNc2cc(-c3cn4ccnc4c(Nc4ccc(N5CCOCC5)cc4)n3)ccc21. The quantitative estimate of drug-likeness (QED) is 0.481. The fourth-order valence-corrected chi connectivity index (χ4v) is 4.53. The van der Waals surface area contributed by atoms with E-state index < -0.39 is 0 Å². The second-order valence-corrected chi connectivity index (χ2v) is 8.33. The van der Waals surface area contributed by atoms with Crippen molar-refractivity contribution in [3.05, 3.63) is 61.1 Å². The van der Waals surface area contributed by atoms with Crippen LogP contribution in [0, 0.1) is 0 Å². The number of aromatic nitrogens is 3. The molecule has 2 aromatic heterocycles. The topological polar surface area (TPSA) is 70.0 Å². The Morgan fingerprint density at radius 2 is 1.94 bits per heavy atom. The summed E-state index contributed by atoms with van der Waals surface area (Å²) in [4.78, 5) is 14.1. The molecule has 0 saturated carbocycles. The van der Waals surface area contributed by atoms with Crippen molar-refractivity contribution < 1.29 is 4.74 Å². The molecule has 4 aromatic rings. The number of benzene rings is 2. The van der Waals surface area contributed by atoms with E-state index in [0.29, 0.717) is 0 Å². The number of ether oxygens (including phenoxy) is 1. The zero-order valence-corrected chi connectivity index (χ0v) is 18.7. The molecule has 8 nitrogen and oxygen atoms in total. The Morgan fingerprint density at radius 1 is 1.09 bits per heavy atom. The average Bonchev–Trinajstić information content (AvgIpc) is 3.51. The molecular formula is C25H27N7O. The van der Waals surface area contributed by atoms with E-state index in [1.165, 1.54) is 11.4 Å². The van der Waals surface area contributed by atoms with Crippen molar-refractivity contribution in [2.24, 2.45) is 0 Å². The van der Waals surface area contributed by atoms with Gasteiger partial charge in [-0.05, 0) is 43.3 Å². The number of morpholine rings is 1. The molecule has 2 aliphatic heterocycles. The van der Waals surface area contributed by atoms with Crippen LogP contribution in [-0.4, -0.2) is 53.9 Å². The number of rotatable bonds is 5. The Morgan fingerprint density at radius 3 is 2.76 bits per heavy atom. The van der Waals surface area contributed by atoms with Gasteiger partial charge in [0, 0.05) is 55.2 Å². The van der Waals surface area contributed by atoms with Gasteiger partial charge >= 0.3 is 0 Å². The maximum Gasteiger partial charge on any atom is 0.180 e. The zero-order chi connectivity index (χ0) is 22.2. The monoisotopic (exact) mass is 441 g/mol. The highest BCUT2D eigenvalue weighted by atomic mass is 16.5. The Labute approximate surface area is 192 Å². The normalized spacial score (nSPS) is 15.5. The molecule has 2 N–H and O–H groups in total. The van der Waals surface area contributed by atoms with E-state index >= 15 is 0 Å². The van der Waals surface area contributed by atoms with Gasteiger partial charge in [0.05, 0.1) is 37.0 Å². The number of hydrogen-bond acceptors (Lipinski definition) is 7. The molecular weight excluding hydrogens is 414 g/mol. The predicted molar refractivity (Wildman–Crippen MR) is 133 cm³/mol. The second-order valence-electron chi connectivity index (χ2n) is 8.33. The third kappa shape index (κ3) is 3.72. The van der Waals surface area contributed by atoms with Gasteiger partial charge in [-0.1, -0.05) is 6.07 Å². The molecule has 2 aliphatic rings. The van der Waals surface area contributed by atoms with Gasteiger partial charge in [0.1, 0.15) is 0 Å². The fourth-order valence-electron chi connectivity index (χ4n) is 4.53. The number of fused-ring (bicyclic) bond motifs is 2. The molecule has 33 heavy (non-hydrogen) atoms. The van der Waals surface area contributed by atoms with E-state index in [1.807, 2.05) is 16.8 Å². The van der Waals surface area contributed by atoms with Crippen LogP contribution in [0.2, 0.25) is 0 Å². The molecule has 4 heterocycles. The van der Waals surface area contributed by atoms with E-state index in [1.54, 1.807) is 6.20 Å². The van der Waals surface area contributed by atoms with Crippen molar-refractivity contribution in [1.82, 2.24) is 14.4 Å². The summed E-state index contributed by atoms with van der Waals surface area (Å²) in [5.74, 6) is 0.736. The van der Waals surface area contributed by atoms with Gasteiger partial charge in [-0.2, -0.15) is 0 Å². The molecule has 1 fully saturated rings. The summed E-state index contributed by atoms with van der Waals surface area (Å²) in [6.45, 7) is 7.41. The Kier molecular flexibility index (Phi) is 4.99. The van der Waals surface area contributed by atoms with Crippen molar-refractivity contribution in [1.29, 1.82) is 0 Å². The summed E-state index contributed by atoms with van der Waals surface area (Å²) >= 11 is 0. The minimum absolute atomic E-state index is 0.736. The van der Waals surface area contributed by atoms with Crippen molar-refractivity contribution in [2.45, 2.75) is 6.92 Å². The summed E-state index contributed by atoms with van der Waals surface area (Å²) in [7, 11) is 0. The van der Waals surface area contributed by atoms with Crippen LogP contribution >= 0.6 is 0 Å². The van der Waals surface area contributed by atoms with Gasteiger partial charge in [0.15, 0.2) is 11.5 Å². The molecule has 0 spiro atoms. The van der Waals surface area contributed by atoms with Crippen LogP contribution in [0.15, 0.2) is 61.1 Å². The molecule has 0 atom stereocenters. The highest BCUT2D eigenvalue weighted by molar-refractivity contribution is 5.81. The van der Waals surface area contributed by atoms with Gasteiger partial charge in [0.25, 0.3) is 0 Å². The first-order valence-electron chi connectivity index (χ1n) is 11.5. The molecule has 6 rings (SSSR count). The lowest BCUT2D eigenvalue weighted by Gasteiger charge is -2.28. The molecule has 0 aliphatic carbocycles. The molecule has 1 saturated heterocycles. The lowest BCUT2D eigenvalue weighted by atomic mass is 10.1. The van der Waals surface area contributed by atoms with E-state index in [9.17, 15) is 0 Å². The number of nitrogens with zero attached hydrogens (tertiary/aromatic N) is 5. The molecule has 168 valence electrons. The zero-order valence-electron chi connectivity index (χ0n) is 18.7. The standard InChI is InChI=1S/C25H27N7O/c1-2-30-17-27-21-15-18(3-8-23(21)30)22-16-32-10-9-26-25(32)24(29-22)28-19-4-6-20(7-5-19)31-11-13-33-14-12-31/h3-10,15-16,27H,2,11-14,17H2,1H3,(H,28,29). The highest BCUT2D eigenvalue weighted by Crippen LogP contribution is 2.35. The lowest BCUT2D eigenvalue weighted by Crippen LogP contribution is -2.36. The van der Waals surface area contributed by atoms with E-state index in [0.717, 1.165) is 73.6 Å². The molecule has 0 amide bonds. The third-order valence-corrected chi connectivity index (χ3v) is 6.36. The van der Waals surface area contributed by atoms with Gasteiger partial charge in [-0.25, -0.2) is 9.97 Å². The van der Waals surface area contributed by atoms with Crippen LogP contribution < -0.4 is 20.4 Å². The maximum absolute atomic E-state index is 5.46. The number of imidazole rings is 1. The first kappa shape index (κ1) is 19.9. The van der Waals surface area contributed by atoms with Crippen LogP contribution in [0.1, 0.15) is 6.92 Å². The Balaban J connectivity index is 1.30. The number of anilines is 5. The minimum Gasteiger partial charge on any atom is -0.378 e.